The fourth-order valence-corrected chi connectivity index (χ4v) is 6.88. The first-order chi connectivity index (χ1) is 25.7. The summed E-state index contributed by atoms with van der Waals surface area (Å²) in [6.45, 7) is 3.74. The number of amides is 5. The number of phenolic OH excluding ortho intramolecular Hbond substituents is 1. The van der Waals surface area contributed by atoms with Crippen LogP contribution >= 0.6 is 0 Å². The van der Waals surface area contributed by atoms with E-state index in [2.05, 4.69) is 16.0 Å². The summed E-state index contributed by atoms with van der Waals surface area (Å²) in [5, 5.41) is 36.6. The predicted octanol–water partition coefficient (Wildman–Crippen LogP) is 0.547. The summed E-state index contributed by atoms with van der Waals surface area (Å²) in [5.41, 5.74) is 7.71. The number of carboxylic acids is 2. The molecule has 16 nitrogen and oxygen atoms in total. The van der Waals surface area contributed by atoms with Crippen LogP contribution in [0.1, 0.15) is 63.5 Å². The molecule has 2 aliphatic rings. The lowest BCUT2D eigenvalue weighted by molar-refractivity contribution is -0.150. The van der Waals surface area contributed by atoms with Crippen LogP contribution in [0.5, 0.6) is 5.75 Å². The summed E-state index contributed by atoms with van der Waals surface area (Å²) in [5.74, 6) is -6.10. The summed E-state index contributed by atoms with van der Waals surface area (Å²) >= 11 is 0. The molecule has 0 unspecified atom stereocenters. The van der Waals surface area contributed by atoms with Crippen molar-refractivity contribution in [2.75, 3.05) is 13.1 Å². The fraction of sp³-hybridized carbons (Fsp3) is 0.500. The van der Waals surface area contributed by atoms with Gasteiger partial charge in [0.1, 0.15) is 36.0 Å². The maximum absolute atomic E-state index is 14.0. The number of carbonyl (C=O) groups excluding carboxylic acids is 5. The van der Waals surface area contributed by atoms with Crippen LogP contribution in [0.15, 0.2) is 54.6 Å². The number of nitrogens with two attached hydrogens (primary N) is 1. The second-order valence-corrected chi connectivity index (χ2v) is 14.2. The Bertz CT molecular complexity index is 1670. The number of nitrogens with one attached hydrogen (secondary N) is 3. The first-order valence-corrected chi connectivity index (χ1v) is 18.2. The first-order valence-electron chi connectivity index (χ1n) is 18.2. The van der Waals surface area contributed by atoms with Crippen LogP contribution in [-0.4, -0.2) is 116 Å². The highest BCUT2D eigenvalue weighted by atomic mass is 16.4. The van der Waals surface area contributed by atoms with Gasteiger partial charge >= 0.3 is 11.9 Å². The molecule has 2 heterocycles. The van der Waals surface area contributed by atoms with Gasteiger partial charge in [0.05, 0.1) is 6.04 Å². The van der Waals surface area contributed by atoms with Gasteiger partial charge in [-0.05, 0) is 67.7 Å². The van der Waals surface area contributed by atoms with E-state index in [1.165, 1.54) is 17.0 Å². The van der Waals surface area contributed by atoms with Gasteiger partial charge in [0, 0.05) is 25.9 Å². The molecular weight excluding hydrogens is 700 g/mol. The van der Waals surface area contributed by atoms with Crippen molar-refractivity contribution >= 4 is 41.5 Å². The first kappa shape index (κ1) is 41.2. The van der Waals surface area contributed by atoms with E-state index in [9.17, 15) is 48.9 Å². The van der Waals surface area contributed by atoms with E-state index in [0.717, 1.165) is 10.5 Å². The molecule has 2 aliphatic heterocycles. The quantitative estimate of drug-likeness (QED) is 0.118. The number of likely N-dealkylation sites (tertiary alicyclic amines) is 2. The average Bonchev–Trinajstić information content (AvgIpc) is 3.84. The average molecular weight is 751 g/mol. The molecule has 54 heavy (non-hydrogen) atoms. The molecule has 2 saturated heterocycles. The molecule has 0 saturated carbocycles. The van der Waals surface area contributed by atoms with Gasteiger partial charge in [0.25, 0.3) is 0 Å². The van der Waals surface area contributed by atoms with Gasteiger partial charge in [0.15, 0.2) is 0 Å². The zero-order valence-electron chi connectivity index (χ0n) is 30.5. The van der Waals surface area contributed by atoms with E-state index in [0.29, 0.717) is 24.8 Å². The van der Waals surface area contributed by atoms with Gasteiger partial charge in [-0.2, -0.15) is 0 Å². The van der Waals surface area contributed by atoms with Gasteiger partial charge in [0.2, 0.25) is 29.5 Å². The molecule has 0 radical (unpaired) electrons. The lowest BCUT2D eigenvalue weighted by atomic mass is 9.99. The molecule has 2 fully saturated rings. The molecule has 8 N–H and O–H groups in total. The van der Waals surface area contributed by atoms with E-state index in [-0.39, 0.29) is 44.5 Å². The standard InChI is InChI=1S/C38H50N6O10/c1-22(2)32(35(50)40-27(16-17-31(46)47)37(52)44-19-7-11-30(44)38(53)54)42-33(48)28(21-23-8-4-3-5-9-23)41-34(49)29-10-6-18-43(29)36(51)26(39)20-24-12-14-25(45)15-13-24/h3-5,8-9,12-15,22,26-30,32,45H,6-7,10-11,16-21,39H2,1-2H3,(H,40,50)(H,41,49)(H,42,48)(H,46,47)(H,53,54)/t26-,27-,28-,29-,30-,32-/m0/s1. The van der Waals surface area contributed by atoms with Crippen LogP contribution in [0.25, 0.3) is 0 Å². The SMILES string of the molecule is CC(C)[C@H](NC(=O)[C@H](Cc1ccccc1)NC(=O)[C@@H]1CCCN1C(=O)[C@@H](N)Cc1ccc(O)cc1)C(=O)N[C@@H](CCC(=O)O)C(=O)N1CCC[C@H]1C(=O)O. The topological polar surface area (TPSA) is 249 Å². The van der Waals surface area contributed by atoms with Crippen LogP contribution in [0.4, 0.5) is 0 Å². The molecule has 0 bridgehead atoms. The smallest absolute Gasteiger partial charge is 0.326 e. The number of carbonyl (C=O) groups is 7. The third-order valence-corrected chi connectivity index (χ3v) is 9.79. The van der Waals surface area contributed by atoms with Crippen LogP contribution in [0, 0.1) is 5.92 Å². The molecule has 2 aromatic carbocycles. The monoisotopic (exact) mass is 750 g/mol. The van der Waals surface area contributed by atoms with Crippen molar-refractivity contribution in [3.63, 3.8) is 0 Å². The molecule has 4 rings (SSSR count). The molecule has 2 aromatic rings. The maximum atomic E-state index is 14.0. The normalized spacial score (nSPS) is 19.0. The molecule has 0 aromatic heterocycles. The van der Waals surface area contributed by atoms with Gasteiger partial charge < -0.3 is 46.8 Å². The Morgan fingerprint density at radius 3 is 1.93 bits per heavy atom. The maximum Gasteiger partial charge on any atom is 0.326 e. The number of hydrogen-bond acceptors (Lipinski definition) is 9. The van der Waals surface area contributed by atoms with Crippen molar-refractivity contribution in [3.05, 3.63) is 65.7 Å². The lowest BCUT2D eigenvalue weighted by Crippen LogP contribution is -2.60. The van der Waals surface area contributed by atoms with Gasteiger partial charge in [-0.1, -0.05) is 56.3 Å². The predicted molar refractivity (Wildman–Crippen MR) is 195 cm³/mol. The minimum Gasteiger partial charge on any atom is -0.508 e. The Labute approximate surface area is 313 Å². The van der Waals surface area contributed by atoms with E-state index < -0.39 is 90.1 Å². The summed E-state index contributed by atoms with van der Waals surface area (Å²) in [6, 6.07) is 8.43. The van der Waals surface area contributed by atoms with E-state index >= 15 is 0 Å². The van der Waals surface area contributed by atoms with Crippen LogP contribution in [-0.2, 0) is 46.4 Å². The van der Waals surface area contributed by atoms with Crippen molar-refractivity contribution in [1.29, 1.82) is 0 Å². The van der Waals surface area contributed by atoms with Gasteiger partial charge in [-0.25, -0.2) is 4.79 Å². The number of rotatable bonds is 17. The number of hydrogen-bond donors (Lipinski definition) is 7. The zero-order valence-corrected chi connectivity index (χ0v) is 30.5. The lowest BCUT2D eigenvalue weighted by Gasteiger charge is -2.31. The van der Waals surface area contributed by atoms with E-state index in [1.54, 1.807) is 56.3 Å². The second-order valence-electron chi connectivity index (χ2n) is 14.2. The Hall–Kier alpha value is -5.51. The van der Waals surface area contributed by atoms with E-state index in [4.69, 9.17) is 5.73 Å². The Kier molecular flexibility index (Phi) is 14.5. The molecule has 6 atom stereocenters. The summed E-state index contributed by atoms with van der Waals surface area (Å²) < 4.78 is 0. The minimum absolute atomic E-state index is 0.0388. The second kappa shape index (κ2) is 19.0. The van der Waals surface area contributed by atoms with E-state index in [1.807, 2.05) is 0 Å². The summed E-state index contributed by atoms with van der Waals surface area (Å²) in [4.78, 5) is 94.2. The Morgan fingerprint density at radius 1 is 0.741 bits per heavy atom. The largest absolute Gasteiger partial charge is 0.508 e. The highest BCUT2D eigenvalue weighted by molar-refractivity contribution is 5.97. The number of benzene rings is 2. The number of nitrogens with zero attached hydrogens (tertiary/aromatic N) is 2. The molecule has 16 heteroatoms. The minimum atomic E-state index is -1.36. The fourth-order valence-electron chi connectivity index (χ4n) is 6.88. The number of carboxylic acid groups (broad SMARTS) is 2. The summed E-state index contributed by atoms with van der Waals surface area (Å²) in [7, 11) is 0. The highest BCUT2D eigenvalue weighted by Gasteiger charge is 2.40. The molecular formula is C38H50N6O10. The zero-order chi connectivity index (χ0) is 39.5. The number of aromatic hydroxyl groups is 1. The molecule has 0 spiro atoms. The highest BCUT2D eigenvalue weighted by Crippen LogP contribution is 2.22. The van der Waals surface area contributed by atoms with Crippen molar-refractivity contribution < 1.29 is 48.9 Å². The van der Waals surface area contributed by atoms with Crippen molar-refractivity contribution in [2.24, 2.45) is 11.7 Å². The van der Waals surface area contributed by atoms with Crippen LogP contribution in [0.3, 0.4) is 0 Å². The van der Waals surface area contributed by atoms with Crippen molar-refractivity contribution in [3.8, 4) is 5.75 Å². The third-order valence-electron chi connectivity index (χ3n) is 9.79. The van der Waals surface area contributed by atoms with Crippen LogP contribution < -0.4 is 21.7 Å². The van der Waals surface area contributed by atoms with Gasteiger partial charge in [-0.3, -0.25) is 28.8 Å². The molecule has 0 aliphatic carbocycles. The third kappa shape index (κ3) is 11.0. The molecule has 5 amide bonds. The van der Waals surface area contributed by atoms with Gasteiger partial charge in [-0.15, -0.1) is 0 Å². The Balaban J connectivity index is 1.50. The molecule has 292 valence electrons. The number of aliphatic carboxylic acids is 2. The Morgan fingerprint density at radius 2 is 1.33 bits per heavy atom. The number of phenols is 1. The van der Waals surface area contributed by atoms with Crippen molar-refractivity contribution in [1.82, 2.24) is 25.8 Å². The summed E-state index contributed by atoms with van der Waals surface area (Å²) in [6.07, 6.45) is 0.969. The van der Waals surface area contributed by atoms with Crippen LogP contribution in [0.2, 0.25) is 0 Å². The van der Waals surface area contributed by atoms with Crippen molar-refractivity contribution in [2.45, 2.75) is 101 Å².